The maximum atomic E-state index is 12.5. The van der Waals surface area contributed by atoms with Crippen LogP contribution in [0, 0.1) is 13.8 Å². The molecule has 128 valence electrons. The van der Waals surface area contributed by atoms with Gasteiger partial charge in [-0.2, -0.15) is 0 Å². The van der Waals surface area contributed by atoms with Gasteiger partial charge in [0.2, 0.25) is 11.1 Å². The number of aryl methyl sites for hydroxylation is 1. The van der Waals surface area contributed by atoms with Crippen molar-refractivity contribution in [2.45, 2.75) is 31.2 Å². The topological polar surface area (TPSA) is 59.8 Å². The first-order valence-electron chi connectivity index (χ1n) is 8.05. The van der Waals surface area contributed by atoms with Crippen LogP contribution in [0.15, 0.2) is 60.0 Å². The fourth-order valence-corrected chi connectivity index (χ4v) is 3.06. The quantitative estimate of drug-likeness (QED) is 0.705. The number of benzene rings is 2. The van der Waals surface area contributed by atoms with Crippen LogP contribution in [-0.2, 0) is 4.79 Å². The highest BCUT2D eigenvalue weighted by atomic mass is 32.2. The first-order valence-corrected chi connectivity index (χ1v) is 8.93. The minimum absolute atomic E-state index is 0.0604. The predicted molar refractivity (Wildman–Crippen MR) is 101 cm³/mol. The summed E-state index contributed by atoms with van der Waals surface area (Å²) in [5.41, 5.74) is 4.02. The average molecular weight is 352 g/mol. The Labute approximate surface area is 151 Å². The lowest BCUT2D eigenvalue weighted by Crippen LogP contribution is -2.23. The minimum atomic E-state index is -0.300. The second kappa shape index (κ2) is 7.53. The normalized spacial score (nSPS) is 12.0. The molecule has 0 saturated heterocycles. The maximum Gasteiger partial charge on any atom is 0.237 e. The van der Waals surface area contributed by atoms with E-state index in [2.05, 4.69) is 15.4 Å². The van der Waals surface area contributed by atoms with E-state index in [4.69, 9.17) is 0 Å². The molecular weight excluding hydrogens is 332 g/mol. The standard InChI is InChI=1S/C19H20N4OS/c1-13-8-7-11-17(14(13)2)21-18(24)15(3)25-19-20-12-23(22-19)16-9-5-4-6-10-16/h4-12,15H,1-3H3,(H,21,24). The molecule has 3 aromatic rings. The van der Waals surface area contributed by atoms with E-state index in [1.54, 1.807) is 11.0 Å². The Morgan fingerprint density at radius 2 is 1.88 bits per heavy atom. The Morgan fingerprint density at radius 1 is 1.12 bits per heavy atom. The van der Waals surface area contributed by atoms with Crippen LogP contribution in [0.5, 0.6) is 0 Å². The number of para-hydroxylation sites is 1. The molecule has 0 aliphatic rings. The summed E-state index contributed by atoms with van der Waals surface area (Å²) in [4.78, 5) is 16.8. The number of aromatic nitrogens is 3. The lowest BCUT2D eigenvalue weighted by molar-refractivity contribution is -0.115. The predicted octanol–water partition coefficient (Wildman–Crippen LogP) is 4.00. The first-order chi connectivity index (χ1) is 12.0. The Morgan fingerprint density at radius 3 is 2.64 bits per heavy atom. The van der Waals surface area contributed by atoms with Gasteiger partial charge < -0.3 is 5.32 Å². The van der Waals surface area contributed by atoms with Crippen molar-refractivity contribution in [3.8, 4) is 5.69 Å². The Hall–Kier alpha value is -2.60. The Bertz CT molecular complexity index is 876. The molecule has 1 N–H and O–H groups in total. The van der Waals surface area contributed by atoms with Gasteiger partial charge in [-0.25, -0.2) is 9.67 Å². The Kier molecular flexibility index (Phi) is 5.19. The van der Waals surface area contributed by atoms with Crippen molar-refractivity contribution >= 4 is 23.4 Å². The third-order valence-corrected chi connectivity index (χ3v) is 4.97. The van der Waals surface area contributed by atoms with Gasteiger partial charge in [-0.1, -0.05) is 42.1 Å². The van der Waals surface area contributed by atoms with Gasteiger partial charge in [0, 0.05) is 5.69 Å². The number of hydrogen-bond acceptors (Lipinski definition) is 4. The maximum absolute atomic E-state index is 12.5. The van der Waals surface area contributed by atoms with Crippen molar-refractivity contribution in [2.24, 2.45) is 0 Å². The summed E-state index contributed by atoms with van der Waals surface area (Å²) in [6, 6.07) is 15.7. The van der Waals surface area contributed by atoms with E-state index >= 15 is 0 Å². The average Bonchev–Trinajstić information content (AvgIpc) is 3.08. The zero-order chi connectivity index (χ0) is 17.8. The van der Waals surface area contributed by atoms with Gasteiger partial charge in [0.05, 0.1) is 10.9 Å². The number of rotatable bonds is 5. The van der Waals surface area contributed by atoms with Crippen LogP contribution in [-0.4, -0.2) is 25.9 Å². The summed E-state index contributed by atoms with van der Waals surface area (Å²) in [6.07, 6.45) is 1.66. The molecule has 1 heterocycles. The summed E-state index contributed by atoms with van der Waals surface area (Å²) in [5.74, 6) is -0.0604. The minimum Gasteiger partial charge on any atom is -0.325 e. The van der Waals surface area contributed by atoms with Crippen molar-refractivity contribution in [1.82, 2.24) is 14.8 Å². The van der Waals surface area contributed by atoms with Crippen molar-refractivity contribution in [2.75, 3.05) is 5.32 Å². The van der Waals surface area contributed by atoms with Gasteiger partial charge in [-0.05, 0) is 50.1 Å². The molecule has 0 bridgehead atoms. The number of amides is 1. The van der Waals surface area contributed by atoms with E-state index in [1.807, 2.05) is 69.3 Å². The monoisotopic (exact) mass is 352 g/mol. The molecule has 0 aliphatic heterocycles. The molecule has 5 nitrogen and oxygen atoms in total. The molecule has 25 heavy (non-hydrogen) atoms. The van der Waals surface area contributed by atoms with Crippen molar-refractivity contribution in [3.05, 3.63) is 66.0 Å². The summed E-state index contributed by atoms with van der Waals surface area (Å²) < 4.78 is 1.71. The van der Waals surface area contributed by atoms with Crippen molar-refractivity contribution in [1.29, 1.82) is 0 Å². The molecule has 0 spiro atoms. The second-order valence-corrected chi connectivity index (χ2v) is 7.11. The molecule has 1 atom stereocenters. The molecule has 6 heteroatoms. The summed E-state index contributed by atoms with van der Waals surface area (Å²) in [6.45, 7) is 5.89. The van der Waals surface area contributed by atoms with E-state index in [9.17, 15) is 4.79 Å². The number of anilines is 1. The van der Waals surface area contributed by atoms with Gasteiger partial charge in [0.25, 0.3) is 0 Å². The summed E-state index contributed by atoms with van der Waals surface area (Å²) in [7, 11) is 0. The van der Waals surface area contributed by atoms with Crippen LogP contribution in [0.4, 0.5) is 5.69 Å². The number of hydrogen-bond donors (Lipinski definition) is 1. The van der Waals surface area contributed by atoms with Gasteiger partial charge in [0.15, 0.2) is 0 Å². The third kappa shape index (κ3) is 4.09. The smallest absolute Gasteiger partial charge is 0.237 e. The van der Waals surface area contributed by atoms with Gasteiger partial charge in [0.1, 0.15) is 6.33 Å². The van der Waals surface area contributed by atoms with Gasteiger partial charge in [-0.3, -0.25) is 4.79 Å². The van der Waals surface area contributed by atoms with E-state index in [0.717, 1.165) is 22.5 Å². The van der Waals surface area contributed by atoms with Gasteiger partial charge in [-0.15, -0.1) is 5.10 Å². The zero-order valence-corrected chi connectivity index (χ0v) is 15.2. The van der Waals surface area contributed by atoms with Crippen LogP contribution >= 0.6 is 11.8 Å². The highest BCUT2D eigenvalue weighted by Crippen LogP contribution is 2.23. The van der Waals surface area contributed by atoms with Crippen LogP contribution in [0.3, 0.4) is 0 Å². The molecule has 2 aromatic carbocycles. The lowest BCUT2D eigenvalue weighted by Gasteiger charge is -2.13. The van der Waals surface area contributed by atoms with Crippen molar-refractivity contribution < 1.29 is 4.79 Å². The fraction of sp³-hybridized carbons (Fsp3) is 0.211. The van der Waals surface area contributed by atoms with E-state index < -0.39 is 0 Å². The van der Waals surface area contributed by atoms with E-state index in [-0.39, 0.29) is 11.2 Å². The summed E-state index contributed by atoms with van der Waals surface area (Å²) in [5, 5.41) is 7.69. The molecular formula is C19H20N4OS. The molecule has 0 fully saturated rings. The van der Waals surface area contributed by atoms with Crippen LogP contribution in [0.25, 0.3) is 5.69 Å². The first kappa shape index (κ1) is 17.2. The second-order valence-electron chi connectivity index (χ2n) is 5.80. The molecule has 1 aromatic heterocycles. The number of nitrogens with zero attached hydrogens (tertiary/aromatic N) is 3. The van der Waals surface area contributed by atoms with Crippen LogP contribution < -0.4 is 5.32 Å². The molecule has 0 radical (unpaired) electrons. The van der Waals surface area contributed by atoms with Crippen LogP contribution in [0.1, 0.15) is 18.1 Å². The van der Waals surface area contributed by atoms with Crippen LogP contribution in [0.2, 0.25) is 0 Å². The number of carbonyl (C=O) groups is 1. The molecule has 3 rings (SSSR count). The third-order valence-electron chi connectivity index (χ3n) is 4.01. The summed E-state index contributed by atoms with van der Waals surface area (Å²) >= 11 is 1.34. The highest BCUT2D eigenvalue weighted by molar-refractivity contribution is 8.00. The fourth-order valence-electron chi connectivity index (χ4n) is 2.34. The van der Waals surface area contributed by atoms with Crippen molar-refractivity contribution in [3.63, 3.8) is 0 Å². The number of carbonyl (C=O) groups excluding carboxylic acids is 1. The number of thioether (sulfide) groups is 1. The highest BCUT2D eigenvalue weighted by Gasteiger charge is 2.18. The van der Waals surface area contributed by atoms with E-state index in [0.29, 0.717) is 5.16 Å². The lowest BCUT2D eigenvalue weighted by atomic mass is 10.1. The molecule has 1 amide bonds. The molecule has 0 saturated carbocycles. The van der Waals surface area contributed by atoms with Gasteiger partial charge >= 0.3 is 0 Å². The zero-order valence-electron chi connectivity index (χ0n) is 14.4. The van der Waals surface area contributed by atoms with E-state index in [1.165, 1.54) is 11.8 Å². The largest absolute Gasteiger partial charge is 0.325 e. The molecule has 1 unspecified atom stereocenters. The Balaban J connectivity index is 1.66. The number of nitrogens with one attached hydrogen (secondary N) is 1. The molecule has 0 aliphatic carbocycles. The SMILES string of the molecule is Cc1cccc(NC(=O)C(C)Sc2ncn(-c3ccccc3)n2)c1C.